The molecule has 1 aliphatic carbocycles. The molecule has 0 saturated heterocycles. The number of carbonyl (C=O) groups is 2. The van der Waals surface area contributed by atoms with Gasteiger partial charge in [0.25, 0.3) is 0 Å². The normalized spacial score (nSPS) is 15.0. The summed E-state index contributed by atoms with van der Waals surface area (Å²) in [4.78, 5) is 24.5. The van der Waals surface area contributed by atoms with Crippen LogP contribution in [0.2, 0.25) is 0 Å². The van der Waals surface area contributed by atoms with E-state index in [-0.39, 0.29) is 18.4 Å². The number of carboxylic acid groups (broad SMARTS) is 1. The second-order valence-corrected chi connectivity index (χ2v) is 7.70. The van der Waals surface area contributed by atoms with Gasteiger partial charge in [0.2, 0.25) is 0 Å². The number of carboxylic acids is 1. The number of aliphatic carboxylic acids is 1. The Balaban J connectivity index is 1.79. The van der Waals surface area contributed by atoms with E-state index in [1.54, 1.807) is 7.05 Å². The molecule has 0 amide bonds. The highest BCUT2D eigenvalue weighted by atomic mass is 16.5. The zero-order valence-corrected chi connectivity index (χ0v) is 16.5. The first-order valence-electron chi connectivity index (χ1n) is 9.69. The average molecular weight is 381 g/mol. The quantitative estimate of drug-likeness (QED) is 0.539. The Morgan fingerprint density at radius 1 is 1.04 bits per heavy atom. The third-order valence-electron chi connectivity index (χ3n) is 5.37. The topological polar surface area (TPSA) is 75.6 Å². The first-order chi connectivity index (χ1) is 13.4. The number of hydrogen-bond donors (Lipinski definition) is 2. The smallest absolute Gasteiger partial charge is 0.321 e. The van der Waals surface area contributed by atoms with Crippen LogP contribution in [0.5, 0.6) is 0 Å². The van der Waals surface area contributed by atoms with Crippen molar-refractivity contribution in [3.8, 4) is 11.1 Å². The molecule has 0 heterocycles. The first kappa shape index (κ1) is 20.1. The third kappa shape index (κ3) is 3.94. The summed E-state index contributed by atoms with van der Waals surface area (Å²) < 4.78 is 5.57. The third-order valence-corrected chi connectivity index (χ3v) is 5.37. The van der Waals surface area contributed by atoms with E-state index < -0.39 is 23.9 Å². The highest BCUT2D eigenvalue weighted by Gasteiger charge is 2.37. The largest absolute Gasteiger partial charge is 0.481 e. The second-order valence-electron chi connectivity index (χ2n) is 7.70. The molecule has 2 atom stereocenters. The lowest BCUT2D eigenvalue weighted by Gasteiger charge is -2.24. The van der Waals surface area contributed by atoms with Gasteiger partial charge in [-0.25, -0.2) is 0 Å². The van der Waals surface area contributed by atoms with Gasteiger partial charge in [0.1, 0.15) is 6.61 Å². The highest BCUT2D eigenvalue weighted by molar-refractivity contribution is 5.95. The van der Waals surface area contributed by atoms with Gasteiger partial charge in [-0.1, -0.05) is 62.4 Å². The van der Waals surface area contributed by atoms with Crippen LogP contribution in [-0.2, 0) is 14.3 Å². The molecule has 2 N–H and O–H groups in total. The van der Waals surface area contributed by atoms with E-state index in [1.807, 2.05) is 50.2 Å². The Hall–Kier alpha value is -2.66. The minimum absolute atomic E-state index is 0.0797. The van der Waals surface area contributed by atoms with E-state index in [9.17, 15) is 14.7 Å². The van der Waals surface area contributed by atoms with Crippen LogP contribution in [0.4, 0.5) is 0 Å². The lowest BCUT2D eigenvalue weighted by Crippen LogP contribution is -2.44. The van der Waals surface area contributed by atoms with Crippen LogP contribution < -0.4 is 5.32 Å². The fraction of sp³-hybridized carbons (Fsp3) is 0.391. The number of fused-ring (bicyclic) bond motifs is 3. The molecule has 148 valence electrons. The van der Waals surface area contributed by atoms with Crippen molar-refractivity contribution in [2.75, 3.05) is 13.7 Å². The van der Waals surface area contributed by atoms with Gasteiger partial charge in [-0.3, -0.25) is 9.59 Å². The monoisotopic (exact) mass is 381 g/mol. The van der Waals surface area contributed by atoms with Crippen molar-refractivity contribution >= 4 is 11.9 Å². The minimum Gasteiger partial charge on any atom is -0.481 e. The highest BCUT2D eigenvalue weighted by Crippen LogP contribution is 2.44. The van der Waals surface area contributed by atoms with E-state index in [0.29, 0.717) is 6.42 Å². The summed E-state index contributed by atoms with van der Waals surface area (Å²) in [7, 11) is 1.68. The molecule has 0 fully saturated rings. The maximum absolute atomic E-state index is 12.7. The Morgan fingerprint density at radius 2 is 1.57 bits per heavy atom. The maximum atomic E-state index is 12.7. The molecule has 28 heavy (non-hydrogen) atoms. The van der Waals surface area contributed by atoms with Crippen LogP contribution in [0.1, 0.15) is 37.3 Å². The lowest BCUT2D eigenvalue weighted by atomic mass is 9.92. The first-order valence-corrected chi connectivity index (χ1v) is 9.69. The molecule has 2 aromatic carbocycles. The summed E-state index contributed by atoms with van der Waals surface area (Å²) >= 11 is 0. The molecule has 0 saturated carbocycles. The van der Waals surface area contributed by atoms with Gasteiger partial charge in [0.05, 0.1) is 0 Å². The summed E-state index contributed by atoms with van der Waals surface area (Å²) in [6.07, 6.45) is 0.581. The van der Waals surface area contributed by atoms with E-state index in [0.717, 1.165) is 22.3 Å². The van der Waals surface area contributed by atoms with Crippen molar-refractivity contribution in [2.24, 2.45) is 11.8 Å². The molecule has 1 aliphatic rings. The van der Waals surface area contributed by atoms with Crippen molar-refractivity contribution in [3.63, 3.8) is 0 Å². The van der Waals surface area contributed by atoms with Crippen LogP contribution >= 0.6 is 0 Å². The molecular weight excluding hydrogens is 354 g/mol. The molecule has 1 unspecified atom stereocenters. The molecule has 0 aliphatic heterocycles. The van der Waals surface area contributed by atoms with E-state index in [1.165, 1.54) is 0 Å². The van der Waals surface area contributed by atoms with Crippen LogP contribution in [0.3, 0.4) is 0 Å². The van der Waals surface area contributed by atoms with Gasteiger partial charge < -0.3 is 15.2 Å². The molecular formula is C23H27NO4. The lowest BCUT2D eigenvalue weighted by molar-refractivity contribution is -0.160. The Bertz CT molecular complexity index is 816. The van der Waals surface area contributed by atoms with Gasteiger partial charge in [-0.2, -0.15) is 0 Å². The Labute approximate surface area is 165 Å². The Morgan fingerprint density at radius 3 is 2.04 bits per heavy atom. The zero-order valence-electron chi connectivity index (χ0n) is 16.5. The fourth-order valence-corrected chi connectivity index (χ4v) is 4.06. The molecule has 0 bridgehead atoms. The van der Waals surface area contributed by atoms with Gasteiger partial charge in [0, 0.05) is 12.0 Å². The average Bonchev–Trinajstić information content (AvgIpc) is 2.99. The van der Waals surface area contributed by atoms with Crippen LogP contribution in [0.25, 0.3) is 11.1 Å². The van der Waals surface area contributed by atoms with Crippen molar-refractivity contribution in [1.29, 1.82) is 0 Å². The number of esters is 1. The standard InChI is InChI=1S/C23H27NO4/c1-14(2)12-20(24-3)21(22(25)26)23(27)28-13-19-17-10-6-4-8-15(17)16-9-5-7-11-18(16)19/h4-11,14,19-21,24H,12-13H2,1-3H3,(H,25,26)/t20-,21?/m0/s1. The van der Waals surface area contributed by atoms with Crippen molar-refractivity contribution in [1.82, 2.24) is 5.32 Å². The summed E-state index contributed by atoms with van der Waals surface area (Å²) in [5.74, 6) is -2.88. The minimum atomic E-state index is -1.22. The molecule has 0 radical (unpaired) electrons. The maximum Gasteiger partial charge on any atom is 0.321 e. The van der Waals surface area contributed by atoms with Crippen molar-refractivity contribution < 1.29 is 19.4 Å². The summed E-state index contributed by atoms with van der Waals surface area (Å²) in [5.41, 5.74) is 4.50. The fourth-order valence-electron chi connectivity index (χ4n) is 4.06. The van der Waals surface area contributed by atoms with Crippen molar-refractivity contribution in [2.45, 2.75) is 32.2 Å². The van der Waals surface area contributed by atoms with Gasteiger partial charge in [-0.05, 0) is 41.6 Å². The number of hydrogen-bond acceptors (Lipinski definition) is 4. The summed E-state index contributed by atoms with van der Waals surface area (Å²) in [6, 6.07) is 15.7. The van der Waals surface area contributed by atoms with Gasteiger partial charge in [-0.15, -0.1) is 0 Å². The van der Waals surface area contributed by atoms with Gasteiger partial charge in [0.15, 0.2) is 5.92 Å². The Kier molecular flexibility index (Phi) is 6.15. The molecule has 5 nitrogen and oxygen atoms in total. The molecule has 3 rings (SSSR count). The summed E-state index contributed by atoms with van der Waals surface area (Å²) in [5, 5.41) is 12.6. The number of ether oxygens (including phenoxy) is 1. The number of nitrogens with one attached hydrogen (secondary N) is 1. The SMILES string of the molecule is CN[C@@H](CC(C)C)C(C(=O)O)C(=O)OCC1c2ccccc2-c2ccccc21. The zero-order chi connectivity index (χ0) is 20.3. The number of rotatable bonds is 8. The van der Waals surface area contributed by atoms with Crippen LogP contribution in [0, 0.1) is 11.8 Å². The van der Waals surface area contributed by atoms with Crippen molar-refractivity contribution in [3.05, 3.63) is 59.7 Å². The molecule has 2 aromatic rings. The number of carbonyl (C=O) groups excluding carboxylic acids is 1. The molecule has 0 spiro atoms. The molecule has 0 aromatic heterocycles. The van der Waals surface area contributed by atoms with Crippen LogP contribution in [0.15, 0.2) is 48.5 Å². The molecule has 5 heteroatoms. The van der Waals surface area contributed by atoms with E-state index >= 15 is 0 Å². The van der Waals surface area contributed by atoms with E-state index in [2.05, 4.69) is 17.4 Å². The van der Waals surface area contributed by atoms with E-state index in [4.69, 9.17) is 4.74 Å². The van der Waals surface area contributed by atoms with Gasteiger partial charge >= 0.3 is 11.9 Å². The number of benzene rings is 2. The predicted molar refractivity (Wildman–Crippen MR) is 108 cm³/mol. The second kappa shape index (κ2) is 8.57. The predicted octanol–water partition coefficient (Wildman–Crippen LogP) is 3.68. The van der Waals surface area contributed by atoms with Crippen LogP contribution in [-0.4, -0.2) is 36.7 Å². The summed E-state index contributed by atoms with van der Waals surface area (Å²) in [6.45, 7) is 4.14.